The molecule has 0 bridgehead atoms. The summed E-state index contributed by atoms with van der Waals surface area (Å²) in [5.74, 6) is -2.73. The lowest BCUT2D eigenvalue weighted by molar-refractivity contribution is -0.277. The molecule has 0 amide bonds. The maximum Gasteiger partial charge on any atom is 0.229 e. The summed E-state index contributed by atoms with van der Waals surface area (Å²) in [4.78, 5) is 13.3. The average Bonchev–Trinajstić information content (AvgIpc) is 2.85. The van der Waals surface area contributed by atoms with Crippen molar-refractivity contribution < 1.29 is 59.5 Å². The Hall–Kier alpha value is -3.13. The van der Waals surface area contributed by atoms with Crippen molar-refractivity contribution >= 4 is 5.78 Å². The Labute approximate surface area is 200 Å². The number of aliphatic hydroxyl groups is 5. The lowest BCUT2D eigenvalue weighted by atomic mass is 9.90. The minimum atomic E-state index is -1.76. The second kappa shape index (κ2) is 11.1. The fourth-order valence-corrected chi connectivity index (χ4v) is 3.78. The SMILES string of the molecule is COc1cc(C(=O)C(CO)c2cc(O)cc(OC)c2O[C@@H]2O[C@H](CO)[C@@H](O)[C@H](O)[C@H]2O)ccc1O. The van der Waals surface area contributed by atoms with E-state index in [-0.39, 0.29) is 39.9 Å². The van der Waals surface area contributed by atoms with Crippen LogP contribution in [-0.2, 0) is 4.74 Å². The molecule has 0 aromatic heterocycles. The fourth-order valence-electron chi connectivity index (χ4n) is 3.78. The van der Waals surface area contributed by atoms with Gasteiger partial charge in [0.15, 0.2) is 28.8 Å². The van der Waals surface area contributed by atoms with Crippen molar-refractivity contribution in [2.45, 2.75) is 36.6 Å². The summed E-state index contributed by atoms with van der Waals surface area (Å²) < 4.78 is 21.4. The van der Waals surface area contributed by atoms with Gasteiger partial charge in [-0.05, 0) is 24.3 Å². The lowest BCUT2D eigenvalue weighted by Gasteiger charge is -2.40. The Morgan fingerprint density at radius 2 is 1.66 bits per heavy atom. The van der Waals surface area contributed by atoms with Crippen molar-refractivity contribution in [2.75, 3.05) is 27.4 Å². The van der Waals surface area contributed by atoms with Gasteiger partial charge in [-0.25, -0.2) is 0 Å². The van der Waals surface area contributed by atoms with Gasteiger partial charge in [0.1, 0.15) is 30.2 Å². The van der Waals surface area contributed by atoms with Crippen LogP contribution in [0, 0.1) is 0 Å². The molecule has 3 rings (SSSR count). The number of ketones is 1. The maximum absolute atomic E-state index is 13.3. The first-order chi connectivity index (χ1) is 16.7. The zero-order chi connectivity index (χ0) is 25.9. The highest BCUT2D eigenvalue weighted by Crippen LogP contribution is 2.42. The second-order valence-corrected chi connectivity index (χ2v) is 7.87. The number of phenols is 2. The van der Waals surface area contributed by atoms with E-state index in [2.05, 4.69) is 0 Å². The van der Waals surface area contributed by atoms with E-state index in [9.17, 15) is 40.5 Å². The zero-order valence-electron chi connectivity index (χ0n) is 18.9. The Morgan fingerprint density at radius 3 is 2.26 bits per heavy atom. The van der Waals surface area contributed by atoms with Crippen molar-refractivity contribution in [3.63, 3.8) is 0 Å². The number of phenolic OH excluding ortho intramolecular Hbond substituents is 2. The number of rotatable bonds is 9. The molecule has 2 aromatic rings. The normalized spacial score (nSPS) is 25.1. The number of hydrogen-bond acceptors (Lipinski definition) is 12. The number of aromatic hydroxyl groups is 2. The van der Waals surface area contributed by atoms with Gasteiger partial charge < -0.3 is 54.7 Å². The molecule has 12 heteroatoms. The van der Waals surface area contributed by atoms with Crippen LogP contribution in [0.1, 0.15) is 21.8 Å². The molecule has 0 saturated carbocycles. The molecule has 12 nitrogen and oxygen atoms in total. The van der Waals surface area contributed by atoms with Crippen LogP contribution in [0.3, 0.4) is 0 Å². The monoisotopic (exact) mass is 496 g/mol. The summed E-state index contributed by atoms with van der Waals surface area (Å²) in [5, 5.41) is 70.0. The van der Waals surface area contributed by atoms with E-state index >= 15 is 0 Å². The number of methoxy groups -OCH3 is 2. The van der Waals surface area contributed by atoms with Crippen LogP contribution in [0.4, 0.5) is 0 Å². The highest BCUT2D eigenvalue weighted by Gasteiger charge is 2.45. The average molecular weight is 496 g/mol. The van der Waals surface area contributed by atoms with Gasteiger partial charge >= 0.3 is 0 Å². The number of ether oxygens (including phenoxy) is 4. The first kappa shape index (κ1) is 26.5. The van der Waals surface area contributed by atoms with Gasteiger partial charge in [-0.3, -0.25) is 4.79 Å². The number of hydrogen-bond donors (Lipinski definition) is 7. The quantitative estimate of drug-likeness (QED) is 0.215. The Kier molecular flexibility index (Phi) is 8.38. The van der Waals surface area contributed by atoms with Crippen LogP contribution in [0.2, 0.25) is 0 Å². The molecule has 7 N–H and O–H groups in total. The molecular weight excluding hydrogens is 468 g/mol. The number of carbonyl (C=O) groups excluding carboxylic acids is 1. The Morgan fingerprint density at radius 1 is 0.971 bits per heavy atom. The zero-order valence-corrected chi connectivity index (χ0v) is 18.9. The predicted octanol–water partition coefficient (Wildman–Crippen LogP) is -0.748. The molecule has 1 fully saturated rings. The van der Waals surface area contributed by atoms with E-state index in [4.69, 9.17) is 18.9 Å². The number of carbonyl (C=O) groups is 1. The summed E-state index contributed by atoms with van der Waals surface area (Å²) in [5.41, 5.74) is 0.0261. The largest absolute Gasteiger partial charge is 0.508 e. The second-order valence-electron chi connectivity index (χ2n) is 7.87. The maximum atomic E-state index is 13.3. The molecular formula is C23H28O12. The number of aliphatic hydroxyl groups excluding tert-OH is 5. The number of Topliss-reactive ketones (excluding diaryl/α,β-unsaturated/α-hetero) is 1. The first-order valence-electron chi connectivity index (χ1n) is 10.6. The van der Waals surface area contributed by atoms with Crippen LogP contribution in [0.5, 0.6) is 28.7 Å². The number of benzene rings is 2. The fraction of sp³-hybridized carbons (Fsp3) is 0.435. The molecule has 35 heavy (non-hydrogen) atoms. The van der Waals surface area contributed by atoms with E-state index in [1.807, 2.05) is 0 Å². The van der Waals surface area contributed by atoms with Gasteiger partial charge in [-0.2, -0.15) is 0 Å². The molecule has 2 aromatic carbocycles. The third-order valence-electron chi connectivity index (χ3n) is 5.71. The standard InChI is InChI=1S/C23H28O12/c1-32-15-5-10(3-4-14(15)27)18(28)13(8-24)12-6-11(26)7-16(33-2)22(12)35-23-21(31)20(30)19(29)17(9-25)34-23/h3-7,13,17,19-21,23-27,29-31H,8-9H2,1-2H3/t13?,17-,19-,20+,21-,23+/m1/s1. The Balaban J connectivity index is 2.05. The van der Waals surface area contributed by atoms with Gasteiger partial charge in [0.2, 0.25) is 6.29 Å². The first-order valence-corrected chi connectivity index (χ1v) is 10.6. The highest BCUT2D eigenvalue weighted by atomic mass is 16.7. The van der Waals surface area contributed by atoms with Crippen molar-refractivity contribution in [1.29, 1.82) is 0 Å². The van der Waals surface area contributed by atoms with Crippen LogP contribution in [-0.4, -0.2) is 99.7 Å². The van der Waals surface area contributed by atoms with E-state index < -0.39 is 55.6 Å². The minimum Gasteiger partial charge on any atom is -0.508 e. The summed E-state index contributed by atoms with van der Waals surface area (Å²) in [6.45, 7) is -1.43. The third kappa shape index (κ3) is 5.27. The smallest absolute Gasteiger partial charge is 0.229 e. The van der Waals surface area contributed by atoms with E-state index in [1.165, 1.54) is 32.4 Å². The van der Waals surface area contributed by atoms with Crippen LogP contribution < -0.4 is 14.2 Å². The summed E-state index contributed by atoms with van der Waals surface area (Å²) >= 11 is 0. The topological polar surface area (TPSA) is 196 Å². The minimum absolute atomic E-state index is 0.0267. The van der Waals surface area contributed by atoms with E-state index in [0.717, 1.165) is 12.1 Å². The van der Waals surface area contributed by atoms with Crippen LogP contribution in [0.15, 0.2) is 30.3 Å². The van der Waals surface area contributed by atoms with Crippen molar-refractivity contribution in [3.05, 3.63) is 41.5 Å². The summed E-state index contributed by atoms with van der Waals surface area (Å²) in [6.07, 6.45) is -7.98. The lowest BCUT2D eigenvalue weighted by Crippen LogP contribution is -2.60. The Bertz CT molecular complexity index is 1040. The third-order valence-corrected chi connectivity index (χ3v) is 5.71. The summed E-state index contributed by atoms with van der Waals surface area (Å²) in [7, 11) is 2.55. The molecule has 192 valence electrons. The van der Waals surface area contributed by atoms with Crippen molar-refractivity contribution in [2.24, 2.45) is 0 Å². The molecule has 1 aliphatic heterocycles. The molecule has 0 aliphatic carbocycles. The molecule has 0 spiro atoms. The van der Waals surface area contributed by atoms with Gasteiger partial charge in [-0.1, -0.05) is 0 Å². The van der Waals surface area contributed by atoms with Gasteiger partial charge in [0, 0.05) is 17.2 Å². The van der Waals surface area contributed by atoms with Gasteiger partial charge in [0.05, 0.1) is 33.4 Å². The highest BCUT2D eigenvalue weighted by molar-refractivity contribution is 6.02. The predicted molar refractivity (Wildman–Crippen MR) is 118 cm³/mol. The van der Waals surface area contributed by atoms with Crippen molar-refractivity contribution in [3.8, 4) is 28.7 Å². The van der Waals surface area contributed by atoms with Crippen LogP contribution >= 0.6 is 0 Å². The van der Waals surface area contributed by atoms with Crippen molar-refractivity contribution in [1.82, 2.24) is 0 Å². The molecule has 6 atom stereocenters. The van der Waals surface area contributed by atoms with E-state index in [1.54, 1.807) is 0 Å². The molecule has 1 aliphatic rings. The molecule has 1 saturated heterocycles. The molecule has 0 radical (unpaired) electrons. The summed E-state index contributed by atoms with van der Waals surface area (Å²) in [6, 6.07) is 6.15. The van der Waals surface area contributed by atoms with Gasteiger partial charge in [0.25, 0.3) is 0 Å². The van der Waals surface area contributed by atoms with Crippen LogP contribution in [0.25, 0.3) is 0 Å². The molecule has 1 unspecified atom stereocenters. The molecule has 1 heterocycles. The van der Waals surface area contributed by atoms with Gasteiger partial charge in [-0.15, -0.1) is 0 Å². The van der Waals surface area contributed by atoms with E-state index in [0.29, 0.717) is 0 Å².